The van der Waals surface area contributed by atoms with Crippen molar-refractivity contribution in [2.24, 2.45) is 5.73 Å². The van der Waals surface area contributed by atoms with Gasteiger partial charge in [-0.15, -0.1) is 0 Å². The zero-order chi connectivity index (χ0) is 41.5. The van der Waals surface area contributed by atoms with Gasteiger partial charge < -0.3 is 20.9 Å². The standard InChI is InChI=1S/C51H98N2O4/c1-3-4-5-6-7-8-27-32-37-42-47-57-51(56)45-40-35-30-25-21-17-13-10-14-18-22-26-31-36-41-46-53-49(48(2)52)43-38-33-28-23-19-15-11-9-12-16-20-24-29-34-39-44-50(54)55/h9-10,12-13,48-49,53H,3-8,11,14-47,52H2,1-2H3,(H,54,55). The summed E-state index contributed by atoms with van der Waals surface area (Å²) in [7, 11) is 0. The summed E-state index contributed by atoms with van der Waals surface area (Å²) in [6.07, 6.45) is 56.7. The third-order valence-electron chi connectivity index (χ3n) is 11.6. The van der Waals surface area contributed by atoms with Crippen LogP contribution in [0.1, 0.15) is 264 Å². The number of carbonyl (C=O) groups is 2. The summed E-state index contributed by atoms with van der Waals surface area (Å²) < 4.78 is 5.44. The van der Waals surface area contributed by atoms with Crippen molar-refractivity contribution in [3.8, 4) is 0 Å². The summed E-state index contributed by atoms with van der Waals surface area (Å²) in [6.45, 7) is 6.14. The van der Waals surface area contributed by atoms with Gasteiger partial charge in [0.15, 0.2) is 0 Å². The molecule has 0 fully saturated rings. The van der Waals surface area contributed by atoms with Gasteiger partial charge in [0.2, 0.25) is 0 Å². The predicted molar refractivity (Wildman–Crippen MR) is 248 cm³/mol. The molecule has 0 aliphatic heterocycles. The van der Waals surface area contributed by atoms with Crippen molar-refractivity contribution in [3.63, 3.8) is 0 Å². The fourth-order valence-corrected chi connectivity index (χ4v) is 7.72. The molecule has 0 spiro atoms. The van der Waals surface area contributed by atoms with E-state index >= 15 is 0 Å². The number of ether oxygens (including phenoxy) is 1. The zero-order valence-electron chi connectivity index (χ0n) is 38.2. The Bertz CT molecular complexity index is 888. The number of hydrogen-bond donors (Lipinski definition) is 3. The van der Waals surface area contributed by atoms with E-state index in [1.54, 1.807) is 0 Å². The number of carboxylic acids is 1. The maximum atomic E-state index is 12.0. The summed E-state index contributed by atoms with van der Waals surface area (Å²) in [5.41, 5.74) is 6.32. The van der Waals surface area contributed by atoms with Gasteiger partial charge in [0.1, 0.15) is 0 Å². The molecule has 0 aliphatic rings. The molecule has 336 valence electrons. The van der Waals surface area contributed by atoms with Crippen molar-refractivity contribution in [3.05, 3.63) is 24.3 Å². The first-order valence-corrected chi connectivity index (χ1v) is 25.1. The molecule has 6 heteroatoms. The fourth-order valence-electron chi connectivity index (χ4n) is 7.72. The highest BCUT2D eigenvalue weighted by Gasteiger charge is 2.12. The second-order valence-electron chi connectivity index (χ2n) is 17.4. The van der Waals surface area contributed by atoms with Crippen LogP contribution >= 0.6 is 0 Å². The Labute approximate surface area is 355 Å². The Kier molecular flexibility index (Phi) is 45.7. The van der Waals surface area contributed by atoms with Gasteiger partial charge in [-0.3, -0.25) is 9.59 Å². The van der Waals surface area contributed by atoms with Crippen molar-refractivity contribution in [1.29, 1.82) is 0 Å². The van der Waals surface area contributed by atoms with E-state index in [9.17, 15) is 9.59 Å². The molecule has 2 atom stereocenters. The second kappa shape index (κ2) is 47.0. The maximum absolute atomic E-state index is 12.0. The first-order valence-electron chi connectivity index (χ1n) is 25.1. The average Bonchev–Trinajstić information content (AvgIpc) is 3.19. The van der Waals surface area contributed by atoms with Crippen molar-refractivity contribution < 1.29 is 19.4 Å². The van der Waals surface area contributed by atoms with Crippen LogP contribution in [0.25, 0.3) is 0 Å². The van der Waals surface area contributed by atoms with Crippen molar-refractivity contribution in [1.82, 2.24) is 5.32 Å². The number of unbranched alkanes of at least 4 members (excludes halogenated alkanes) is 31. The third-order valence-corrected chi connectivity index (χ3v) is 11.6. The number of allylic oxidation sites excluding steroid dienone is 4. The largest absolute Gasteiger partial charge is 0.481 e. The highest BCUT2D eigenvalue weighted by molar-refractivity contribution is 5.69. The minimum absolute atomic E-state index is 0.00404. The van der Waals surface area contributed by atoms with E-state index < -0.39 is 5.97 Å². The Morgan fingerprint density at radius 2 is 0.877 bits per heavy atom. The average molecular weight is 803 g/mol. The number of nitrogens with two attached hydrogens (primary N) is 1. The van der Waals surface area contributed by atoms with E-state index in [0.29, 0.717) is 25.5 Å². The van der Waals surface area contributed by atoms with Gasteiger partial charge >= 0.3 is 11.9 Å². The lowest BCUT2D eigenvalue weighted by Crippen LogP contribution is -2.43. The third kappa shape index (κ3) is 46.9. The molecular formula is C51H98N2O4. The van der Waals surface area contributed by atoms with E-state index in [0.717, 1.165) is 51.5 Å². The molecule has 2 unspecified atom stereocenters. The van der Waals surface area contributed by atoms with Gasteiger partial charge in [0.25, 0.3) is 0 Å². The minimum Gasteiger partial charge on any atom is -0.481 e. The van der Waals surface area contributed by atoms with Gasteiger partial charge in [-0.25, -0.2) is 0 Å². The summed E-state index contributed by atoms with van der Waals surface area (Å²) in [5, 5.41) is 12.4. The molecule has 6 nitrogen and oxygen atoms in total. The Hall–Kier alpha value is -1.66. The number of hydrogen-bond acceptors (Lipinski definition) is 5. The lowest BCUT2D eigenvalue weighted by Gasteiger charge is -2.22. The molecule has 0 radical (unpaired) electrons. The lowest BCUT2D eigenvalue weighted by molar-refractivity contribution is -0.144. The van der Waals surface area contributed by atoms with E-state index in [4.69, 9.17) is 15.6 Å². The van der Waals surface area contributed by atoms with Crippen molar-refractivity contribution in [2.45, 2.75) is 276 Å². The first-order chi connectivity index (χ1) is 28.0. The number of aliphatic carboxylic acids is 1. The molecule has 0 heterocycles. The highest BCUT2D eigenvalue weighted by Crippen LogP contribution is 2.15. The number of carbonyl (C=O) groups excluding carboxylic acids is 1. The number of esters is 1. The fraction of sp³-hybridized carbons (Fsp3) is 0.882. The summed E-state index contributed by atoms with van der Waals surface area (Å²) in [5.74, 6) is -0.666. The molecule has 0 saturated heterocycles. The smallest absolute Gasteiger partial charge is 0.305 e. The van der Waals surface area contributed by atoms with Gasteiger partial charge in [-0.1, -0.05) is 185 Å². The molecule has 0 amide bonds. The maximum Gasteiger partial charge on any atom is 0.305 e. The summed E-state index contributed by atoms with van der Waals surface area (Å²) in [6, 6.07) is 0.666. The molecule has 0 aliphatic carbocycles. The van der Waals surface area contributed by atoms with Gasteiger partial charge in [0.05, 0.1) is 6.61 Å². The minimum atomic E-state index is -0.670. The Balaban J connectivity index is 3.44. The molecule has 4 N–H and O–H groups in total. The Morgan fingerprint density at radius 1 is 0.509 bits per heavy atom. The van der Waals surface area contributed by atoms with Crippen LogP contribution in [0.4, 0.5) is 0 Å². The van der Waals surface area contributed by atoms with Crippen LogP contribution in [0.15, 0.2) is 24.3 Å². The van der Waals surface area contributed by atoms with Crippen LogP contribution < -0.4 is 11.1 Å². The monoisotopic (exact) mass is 803 g/mol. The molecule has 0 aromatic carbocycles. The van der Waals surface area contributed by atoms with E-state index in [1.807, 2.05) is 0 Å². The molecular weight excluding hydrogens is 705 g/mol. The summed E-state index contributed by atoms with van der Waals surface area (Å²) in [4.78, 5) is 22.5. The van der Waals surface area contributed by atoms with Crippen LogP contribution in [0.5, 0.6) is 0 Å². The van der Waals surface area contributed by atoms with Crippen LogP contribution in [0.2, 0.25) is 0 Å². The normalized spacial score (nSPS) is 12.9. The lowest BCUT2D eigenvalue weighted by atomic mass is 10.0. The van der Waals surface area contributed by atoms with Gasteiger partial charge in [-0.2, -0.15) is 0 Å². The first kappa shape index (κ1) is 55.3. The van der Waals surface area contributed by atoms with E-state index in [1.165, 1.54) is 193 Å². The highest BCUT2D eigenvalue weighted by atomic mass is 16.5. The number of carboxylic acid groups (broad SMARTS) is 1. The Morgan fingerprint density at radius 3 is 1.32 bits per heavy atom. The van der Waals surface area contributed by atoms with Crippen LogP contribution in [0.3, 0.4) is 0 Å². The molecule has 0 saturated carbocycles. The van der Waals surface area contributed by atoms with Gasteiger partial charge in [0, 0.05) is 24.9 Å². The number of rotatable bonds is 47. The second-order valence-corrected chi connectivity index (χ2v) is 17.4. The predicted octanol–water partition coefficient (Wildman–Crippen LogP) is 15.3. The molecule has 0 aromatic heterocycles. The quantitative estimate of drug-likeness (QED) is 0.0322. The zero-order valence-corrected chi connectivity index (χ0v) is 38.2. The van der Waals surface area contributed by atoms with Crippen LogP contribution in [0, 0.1) is 0 Å². The molecule has 57 heavy (non-hydrogen) atoms. The van der Waals surface area contributed by atoms with E-state index in [2.05, 4.69) is 43.5 Å². The van der Waals surface area contributed by atoms with Crippen molar-refractivity contribution in [2.75, 3.05) is 13.2 Å². The van der Waals surface area contributed by atoms with Crippen LogP contribution in [-0.4, -0.2) is 42.3 Å². The topological polar surface area (TPSA) is 102 Å². The van der Waals surface area contributed by atoms with Crippen LogP contribution in [-0.2, 0) is 14.3 Å². The van der Waals surface area contributed by atoms with Crippen molar-refractivity contribution >= 4 is 11.9 Å². The molecule has 0 bridgehead atoms. The molecule has 0 aromatic rings. The molecule has 0 rings (SSSR count). The number of nitrogens with one attached hydrogen (secondary N) is 1. The SMILES string of the molecule is CCCCCCCCCCCCOC(=O)CCCCCCCC=CCCCCCCCCNC(CCCCCCCCC=CCCCCCCCC(=O)O)C(C)N. The van der Waals surface area contributed by atoms with E-state index in [-0.39, 0.29) is 12.0 Å². The summed E-state index contributed by atoms with van der Waals surface area (Å²) >= 11 is 0. The van der Waals surface area contributed by atoms with Gasteiger partial charge in [-0.05, 0) is 96.9 Å².